The maximum absolute atomic E-state index is 11.4. The Labute approximate surface area is 147 Å². The third-order valence-corrected chi connectivity index (χ3v) is 6.60. The Morgan fingerprint density at radius 2 is 2.24 bits per heavy atom. The molecule has 5 atom stereocenters. The molecule has 0 aliphatic carbocycles. The summed E-state index contributed by atoms with van der Waals surface area (Å²) in [5.41, 5.74) is 5.67. The predicted octanol–water partition coefficient (Wildman–Crippen LogP) is 3.59. The van der Waals surface area contributed by atoms with Crippen LogP contribution in [0.15, 0.2) is 35.9 Å². The van der Waals surface area contributed by atoms with E-state index in [-0.39, 0.29) is 5.97 Å². The molecule has 130 valence electrons. The van der Waals surface area contributed by atoms with Gasteiger partial charge in [-0.25, -0.2) is 0 Å². The van der Waals surface area contributed by atoms with Crippen LogP contribution in [0, 0.1) is 11.8 Å². The number of aromatic nitrogens is 1. The lowest BCUT2D eigenvalue weighted by Crippen LogP contribution is -2.61. The van der Waals surface area contributed by atoms with Gasteiger partial charge in [-0.1, -0.05) is 29.8 Å². The second-order valence-corrected chi connectivity index (χ2v) is 7.69. The predicted molar refractivity (Wildman–Crippen MR) is 97.2 cm³/mol. The van der Waals surface area contributed by atoms with Crippen molar-refractivity contribution in [1.82, 2.24) is 9.88 Å². The molecule has 25 heavy (non-hydrogen) atoms. The molecule has 1 N–H and O–H groups in total. The molecule has 4 heteroatoms. The smallest absolute Gasteiger partial charge is 0.302 e. The molecule has 2 aromatic rings. The van der Waals surface area contributed by atoms with Gasteiger partial charge in [0.15, 0.2) is 0 Å². The molecule has 4 bridgehead atoms. The average molecular weight is 336 g/mol. The van der Waals surface area contributed by atoms with Gasteiger partial charge in [-0.15, -0.1) is 0 Å². The first kappa shape index (κ1) is 15.2. The second-order valence-electron chi connectivity index (χ2n) is 7.69. The maximum Gasteiger partial charge on any atom is 0.302 e. The summed E-state index contributed by atoms with van der Waals surface area (Å²) < 4.78 is 5.47. The van der Waals surface area contributed by atoms with Gasteiger partial charge >= 0.3 is 5.97 Å². The van der Waals surface area contributed by atoms with Crippen molar-refractivity contribution in [3.05, 3.63) is 47.2 Å². The number of H-pyrrole nitrogens is 1. The largest absolute Gasteiger partial charge is 0.465 e. The summed E-state index contributed by atoms with van der Waals surface area (Å²) in [4.78, 5) is 17.8. The van der Waals surface area contributed by atoms with Gasteiger partial charge in [0, 0.05) is 42.0 Å². The first-order chi connectivity index (χ1) is 12.2. The van der Waals surface area contributed by atoms with Crippen LogP contribution < -0.4 is 0 Å². The number of esters is 1. The molecule has 4 aliphatic rings. The molecule has 0 spiro atoms. The number of rotatable bonds is 2. The van der Waals surface area contributed by atoms with Crippen LogP contribution in [0.25, 0.3) is 10.9 Å². The van der Waals surface area contributed by atoms with Gasteiger partial charge in [0.25, 0.3) is 0 Å². The van der Waals surface area contributed by atoms with Crippen molar-refractivity contribution in [2.75, 3.05) is 13.2 Å². The molecule has 4 nitrogen and oxygen atoms in total. The van der Waals surface area contributed by atoms with Gasteiger partial charge in [0.1, 0.15) is 0 Å². The lowest BCUT2D eigenvalue weighted by molar-refractivity contribution is -0.146. The van der Waals surface area contributed by atoms with E-state index in [4.69, 9.17) is 4.74 Å². The summed E-state index contributed by atoms with van der Waals surface area (Å²) in [7, 11) is 0. The number of carbonyl (C=O) groups excluding carboxylic acids is 1. The quantitative estimate of drug-likeness (QED) is 0.673. The summed E-state index contributed by atoms with van der Waals surface area (Å²) in [6.07, 6.45) is 4.45. The van der Waals surface area contributed by atoms with Gasteiger partial charge in [0.05, 0.1) is 12.6 Å². The molecule has 0 amide bonds. The van der Waals surface area contributed by atoms with Crippen LogP contribution in [-0.2, 0) is 16.0 Å². The number of para-hydroxylation sites is 1. The van der Waals surface area contributed by atoms with Gasteiger partial charge < -0.3 is 9.72 Å². The minimum Gasteiger partial charge on any atom is -0.465 e. The Bertz CT molecular complexity index is 881. The fraction of sp³-hybridized carbons (Fsp3) is 0.476. The fourth-order valence-electron chi connectivity index (χ4n) is 5.51. The number of ether oxygens (including phenoxy) is 1. The van der Waals surface area contributed by atoms with Crippen LogP contribution in [0.3, 0.4) is 0 Å². The van der Waals surface area contributed by atoms with E-state index < -0.39 is 0 Å². The molecule has 0 saturated carbocycles. The standard InChI is InChI=1S/C21H24N2O2/c1-3-13-10-23-19-9-16-14-6-4-5-7-18(14)22-21(16)20(23)8-15(13)17(19)11-25-12(2)24/h3-7,15,17,19-20,22H,8-11H2,1-2H3/b13-3-. The van der Waals surface area contributed by atoms with E-state index in [0.717, 1.165) is 19.4 Å². The van der Waals surface area contributed by atoms with Crippen molar-refractivity contribution in [1.29, 1.82) is 0 Å². The number of carbonyl (C=O) groups is 1. The zero-order valence-corrected chi connectivity index (χ0v) is 14.8. The highest BCUT2D eigenvalue weighted by Crippen LogP contribution is 2.54. The molecule has 3 saturated heterocycles. The van der Waals surface area contributed by atoms with Crippen LogP contribution in [0.1, 0.15) is 37.6 Å². The normalized spacial score (nSPS) is 34.3. The zero-order valence-electron chi connectivity index (χ0n) is 14.8. The summed E-state index contributed by atoms with van der Waals surface area (Å²) >= 11 is 0. The second kappa shape index (κ2) is 5.46. The van der Waals surface area contributed by atoms with Crippen LogP contribution in [-0.4, -0.2) is 35.0 Å². The van der Waals surface area contributed by atoms with Gasteiger partial charge in [-0.3, -0.25) is 9.69 Å². The maximum atomic E-state index is 11.4. The third-order valence-electron chi connectivity index (χ3n) is 6.60. The number of aromatic amines is 1. The highest BCUT2D eigenvalue weighted by atomic mass is 16.5. The van der Waals surface area contributed by atoms with Crippen molar-refractivity contribution >= 4 is 16.9 Å². The van der Waals surface area contributed by atoms with Crippen molar-refractivity contribution in [2.24, 2.45) is 11.8 Å². The fourth-order valence-corrected chi connectivity index (χ4v) is 5.51. The molecule has 5 heterocycles. The van der Waals surface area contributed by atoms with E-state index >= 15 is 0 Å². The minimum atomic E-state index is -0.168. The Morgan fingerprint density at radius 3 is 3.04 bits per heavy atom. The zero-order chi connectivity index (χ0) is 17.1. The third kappa shape index (κ3) is 2.13. The highest BCUT2D eigenvalue weighted by molar-refractivity contribution is 5.85. The van der Waals surface area contributed by atoms with E-state index in [1.165, 1.54) is 34.7 Å². The number of nitrogens with zero attached hydrogens (tertiary/aromatic N) is 1. The molecule has 3 fully saturated rings. The Balaban J connectivity index is 1.59. The van der Waals surface area contributed by atoms with E-state index in [2.05, 4.69) is 47.1 Å². The monoisotopic (exact) mass is 336 g/mol. The molecule has 0 radical (unpaired) electrons. The molecule has 1 aromatic heterocycles. The van der Waals surface area contributed by atoms with Crippen LogP contribution >= 0.6 is 0 Å². The van der Waals surface area contributed by atoms with Gasteiger partial charge in [-0.05, 0) is 37.3 Å². The average Bonchev–Trinajstić information content (AvgIpc) is 2.99. The summed E-state index contributed by atoms with van der Waals surface area (Å²) in [5.74, 6) is 0.768. The Morgan fingerprint density at radius 1 is 1.40 bits per heavy atom. The molecule has 5 unspecified atom stereocenters. The van der Waals surface area contributed by atoms with Crippen LogP contribution in [0.5, 0.6) is 0 Å². The Hall–Kier alpha value is -2.07. The van der Waals surface area contributed by atoms with E-state index in [9.17, 15) is 4.79 Å². The summed E-state index contributed by atoms with van der Waals surface area (Å²) in [6, 6.07) is 9.59. The summed E-state index contributed by atoms with van der Waals surface area (Å²) in [6.45, 7) is 5.26. The van der Waals surface area contributed by atoms with Crippen LogP contribution in [0.4, 0.5) is 0 Å². The van der Waals surface area contributed by atoms with E-state index in [1.54, 1.807) is 0 Å². The van der Waals surface area contributed by atoms with Crippen molar-refractivity contribution in [2.45, 2.75) is 38.8 Å². The molecular formula is C21H24N2O2. The van der Waals surface area contributed by atoms with Crippen molar-refractivity contribution in [3.63, 3.8) is 0 Å². The highest BCUT2D eigenvalue weighted by Gasteiger charge is 2.53. The lowest BCUT2D eigenvalue weighted by atomic mass is 9.64. The summed E-state index contributed by atoms with van der Waals surface area (Å²) in [5, 5.41) is 1.36. The number of fused-ring (bicyclic) bond motifs is 4. The molecule has 6 rings (SSSR count). The van der Waals surface area contributed by atoms with Crippen molar-refractivity contribution < 1.29 is 9.53 Å². The number of benzene rings is 1. The Kier molecular flexibility index (Phi) is 3.32. The first-order valence-corrected chi connectivity index (χ1v) is 9.31. The number of piperidine rings is 3. The van der Waals surface area contributed by atoms with Gasteiger partial charge in [0.2, 0.25) is 0 Å². The number of allylic oxidation sites excluding steroid dienone is 1. The molecular weight excluding hydrogens is 312 g/mol. The first-order valence-electron chi connectivity index (χ1n) is 9.31. The van der Waals surface area contributed by atoms with Crippen LogP contribution in [0.2, 0.25) is 0 Å². The lowest BCUT2D eigenvalue weighted by Gasteiger charge is -2.58. The van der Waals surface area contributed by atoms with E-state index in [0.29, 0.717) is 30.5 Å². The number of hydrogen-bond acceptors (Lipinski definition) is 3. The molecule has 1 aromatic carbocycles. The van der Waals surface area contributed by atoms with E-state index in [1.807, 2.05) is 0 Å². The minimum absolute atomic E-state index is 0.168. The van der Waals surface area contributed by atoms with Crippen molar-refractivity contribution in [3.8, 4) is 0 Å². The topological polar surface area (TPSA) is 45.3 Å². The number of nitrogens with one attached hydrogen (secondary N) is 1. The number of hydrogen-bond donors (Lipinski definition) is 1. The SMILES string of the molecule is C/C=C1/CN2C3CC1C(COC(C)=O)C2Cc1c3[nH]c2ccccc12. The molecule has 4 aliphatic heterocycles. The van der Waals surface area contributed by atoms with Gasteiger partial charge in [-0.2, -0.15) is 0 Å².